The highest BCUT2D eigenvalue weighted by molar-refractivity contribution is 7.89. The van der Waals surface area contributed by atoms with E-state index < -0.39 is 10.0 Å². The van der Waals surface area contributed by atoms with Gasteiger partial charge in [0.2, 0.25) is 15.9 Å². The number of hydrogen-bond donors (Lipinski definition) is 2. The van der Waals surface area contributed by atoms with Crippen LogP contribution in [-0.2, 0) is 34.3 Å². The first-order chi connectivity index (χ1) is 16.8. The van der Waals surface area contributed by atoms with Gasteiger partial charge in [-0.3, -0.25) is 9.59 Å². The summed E-state index contributed by atoms with van der Waals surface area (Å²) in [4.78, 5) is 25.4. The number of amides is 2. The summed E-state index contributed by atoms with van der Waals surface area (Å²) in [5, 5.41) is 6.49. The number of thiophene rings is 1. The molecule has 9 heteroatoms. The van der Waals surface area contributed by atoms with Gasteiger partial charge in [0.05, 0.1) is 15.9 Å². The molecule has 2 heterocycles. The summed E-state index contributed by atoms with van der Waals surface area (Å²) in [7, 11) is -3.72. The Morgan fingerprint density at radius 2 is 1.83 bits per heavy atom. The summed E-state index contributed by atoms with van der Waals surface area (Å²) < 4.78 is 27.8. The van der Waals surface area contributed by atoms with Crippen LogP contribution < -0.4 is 10.6 Å². The highest BCUT2D eigenvalue weighted by Crippen LogP contribution is 2.37. The van der Waals surface area contributed by atoms with Crippen LogP contribution in [0, 0.1) is 0 Å². The molecule has 1 aliphatic carbocycles. The predicted octanol–water partition coefficient (Wildman–Crippen LogP) is 4.38. The lowest BCUT2D eigenvalue weighted by Gasteiger charge is -2.26. The van der Waals surface area contributed by atoms with Crippen LogP contribution in [0.1, 0.15) is 50.8 Å². The van der Waals surface area contributed by atoms with Gasteiger partial charge < -0.3 is 10.6 Å². The third kappa shape index (κ3) is 4.67. The normalized spacial score (nSPS) is 17.3. The Labute approximate surface area is 208 Å². The van der Waals surface area contributed by atoms with Crippen LogP contribution >= 0.6 is 11.3 Å². The number of benzene rings is 2. The van der Waals surface area contributed by atoms with Crippen molar-refractivity contribution in [1.29, 1.82) is 0 Å². The predicted molar refractivity (Wildman–Crippen MR) is 136 cm³/mol. The first-order valence-corrected chi connectivity index (χ1v) is 13.6. The number of hydrogen-bond acceptors (Lipinski definition) is 5. The van der Waals surface area contributed by atoms with Crippen LogP contribution in [0.3, 0.4) is 0 Å². The van der Waals surface area contributed by atoms with Crippen molar-refractivity contribution in [2.24, 2.45) is 0 Å². The van der Waals surface area contributed by atoms with E-state index in [4.69, 9.17) is 0 Å². The minimum absolute atomic E-state index is 0.0411. The summed E-state index contributed by atoms with van der Waals surface area (Å²) in [5.41, 5.74) is 3.72. The molecule has 0 saturated heterocycles. The zero-order valence-electron chi connectivity index (χ0n) is 19.0. The molecule has 7 nitrogen and oxygen atoms in total. The SMILES string of the molecule is C=CC(=O)Nc1cc2c(s1)CN(S(=O)(=O)c1ccc(C(=O)NC3CCCc4ccccc43)cc1)C2. The van der Waals surface area contributed by atoms with Crippen LogP contribution in [0.4, 0.5) is 5.00 Å². The highest BCUT2D eigenvalue weighted by Gasteiger charge is 2.32. The lowest BCUT2D eigenvalue weighted by molar-refractivity contribution is -0.111. The Morgan fingerprint density at radius 1 is 1.06 bits per heavy atom. The first-order valence-electron chi connectivity index (χ1n) is 11.4. The van der Waals surface area contributed by atoms with Crippen molar-refractivity contribution >= 4 is 38.2 Å². The molecule has 1 aliphatic heterocycles. The standard InChI is InChI=1S/C26H25N3O4S2/c1-2-24(30)28-25-14-19-15-29(16-23(19)34-25)35(32,33)20-12-10-18(11-13-20)26(31)27-22-9-5-7-17-6-3-4-8-21(17)22/h2-4,6,8,10-14,22H,1,5,7,9,15-16H2,(H,27,31)(H,28,30). The van der Waals surface area contributed by atoms with Gasteiger partial charge in [0, 0.05) is 23.5 Å². The second kappa shape index (κ2) is 9.41. The Hall–Kier alpha value is -3.27. The summed E-state index contributed by atoms with van der Waals surface area (Å²) in [5.74, 6) is -0.515. The molecule has 35 heavy (non-hydrogen) atoms. The number of rotatable bonds is 6. The molecule has 0 radical (unpaired) electrons. The fraction of sp³-hybridized carbons (Fsp3) is 0.231. The summed E-state index contributed by atoms with van der Waals surface area (Å²) in [6, 6.07) is 16.0. The van der Waals surface area contributed by atoms with E-state index in [2.05, 4.69) is 29.3 Å². The summed E-state index contributed by atoms with van der Waals surface area (Å²) >= 11 is 1.36. The zero-order chi connectivity index (χ0) is 24.6. The minimum atomic E-state index is -3.72. The average Bonchev–Trinajstić information content (AvgIpc) is 3.43. The van der Waals surface area contributed by atoms with Crippen molar-refractivity contribution in [2.75, 3.05) is 5.32 Å². The molecular formula is C26H25N3O4S2. The van der Waals surface area contributed by atoms with Crippen molar-refractivity contribution in [3.05, 3.63) is 94.4 Å². The lowest BCUT2D eigenvalue weighted by atomic mass is 9.87. The van der Waals surface area contributed by atoms with E-state index in [1.807, 2.05) is 12.1 Å². The van der Waals surface area contributed by atoms with E-state index in [9.17, 15) is 18.0 Å². The maximum atomic E-state index is 13.2. The molecule has 0 fully saturated rings. The molecule has 2 aliphatic rings. The third-order valence-corrected chi connectivity index (χ3v) is 9.31. The van der Waals surface area contributed by atoms with Crippen molar-refractivity contribution in [3.8, 4) is 0 Å². The second-order valence-corrected chi connectivity index (χ2v) is 11.7. The van der Waals surface area contributed by atoms with Crippen molar-refractivity contribution in [1.82, 2.24) is 9.62 Å². The van der Waals surface area contributed by atoms with Crippen LogP contribution in [0.5, 0.6) is 0 Å². The molecule has 1 unspecified atom stereocenters. The molecule has 0 saturated carbocycles. The van der Waals surface area contributed by atoms with E-state index in [1.54, 1.807) is 18.2 Å². The second-order valence-electron chi connectivity index (χ2n) is 8.67. The largest absolute Gasteiger partial charge is 0.345 e. The van der Waals surface area contributed by atoms with E-state index in [0.29, 0.717) is 10.6 Å². The van der Waals surface area contributed by atoms with Crippen molar-refractivity contribution < 1.29 is 18.0 Å². The molecule has 1 atom stereocenters. The molecule has 0 bridgehead atoms. The molecule has 0 spiro atoms. The van der Waals surface area contributed by atoms with Crippen LogP contribution in [0.25, 0.3) is 0 Å². The zero-order valence-corrected chi connectivity index (χ0v) is 20.6. The fourth-order valence-corrected chi connectivity index (χ4v) is 7.18. The number of carbonyl (C=O) groups excluding carboxylic acids is 2. The van der Waals surface area contributed by atoms with Gasteiger partial charge in [-0.2, -0.15) is 4.31 Å². The Kier molecular flexibility index (Phi) is 6.31. The molecule has 2 N–H and O–H groups in total. The summed E-state index contributed by atoms with van der Waals surface area (Å²) in [6.45, 7) is 3.92. The Morgan fingerprint density at radius 3 is 2.57 bits per heavy atom. The first kappa shape index (κ1) is 23.5. The molecule has 2 amide bonds. The average molecular weight is 508 g/mol. The van der Waals surface area contributed by atoms with Crippen molar-refractivity contribution in [2.45, 2.75) is 43.3 Å². The highest BCUT2D eigenvalue weighted by atomic mass is 32.2. The number of anilines is 1. The van der Waals surface area contributed by atoms with Gasteiger partial charge in [0.15, 0.2) is 0 Å². The van der Waals surface area contributed by atoms with Gasteiger partial charge in [-0.25, -0.2) is 8.42 Å². The number of aryl methyl sites for hydroxylation is 1. The van der Waals surface area contributed by atoms with Gasteiger partial charge in [-0.15, -0.1) is 11.3 Å². The minimum Gasteiger partial charge on any atom is -0.345 e. The number of sulfonamides is 1. The third-order valence-electron chi connectivity index (χ3n) is 6.42. The van der Waals surface area contributed by atoms with Crippen LogP contribution in [0.2, 0.25) is 0 Å². The van der Waals surface area contributed by atoms with Crippen molar-refractivity contribution in [3.63, 3.8) is 0 Å². The summed E-state index contributed by atoms with van der Waals surface area (Å²) in [6.07, 6.45) is 4.11. The maximum absolute atomic E-state index is 13.2. The van der Waals surface area contributed by atoms with Crippen LogP contribution in [-0.4, -0.2) is 24.5 Å². The number of carbonyl (C=O) groups is 2. The van der Waals surface area contributed by atoms with E-state index >= 15 is 0 Å². The lowest BCUT2D eigenvalue weighted by Crippen LogP contribution is -2.31. The van der Waals surface area contributed by atoms with Gasteiger partial charge in [0.25, 0.3) is 5.91 Å². The smallest absolute Gasteiger partial charge is 0.251 e. The molecular weight excluding hydrogens is 482 g/mol. The van der Waals surface area contributed by atoms with E-state index in [0.717, 1.165) is 35.3 Å². The molecule has 5 rings (SSSR count). The topological polar surface area (TPSA) is 95.6 Å². The van der Waals surface area contributed by atoms with Gasteiger partial charge in [0.1, 0.15) is 0 Å². The van der Waals surface area contributed by atoms with Gasteiger partial charge in [-0.05, 0) is 72.4 Å². The molecule has 1 aromatic heterocycles. The maximum Gasteiger partial charge on any atom is 0.251 e. The van der Waals surface area contributed by atoms with E-state index in [1.165, 1.54) is 39.4 Å². The Bertz CT molecular complexity index is 1390. The number of nitrogens with one attached hydrogen (secondary N) is 2. The molecule has 180 valence electrons. The fourth-order valence-electron chi connectivity index (χ4n) is 4.62. The molecule has 3 aromatic rings. The number of nitrogens with zero attached hydrogens (tertiary/aromatic N) is 1. The van der Waals surface area contributed by atoms with Gasteiger partial charge in [-0.1, -0.05) is 30.8 Å². The molecule has 2 aromatic carbocycles. The van der Waals surface area contributed by atoms with Gasteiger partial charge >= 0.3 is 0 Å². The monoisotopic (exact) mass is 507 g/mol. The van der Waals surface area contributed by atoms with E-state index in [-0.39, 0.29) is 35.8 Å². The number of fused-ring (bicyclic) bond motifs is 2. The Balaban J connectivity index is 1.26. The van der Waals surface area contributed by atoms with Crippen LogP contribution in [0.15, 0.2) is 72.1 Å². The quantitative estimate of drug-likeness (QED) is 0.484.